The van der Waals surface area contributed by atoms with Crippen LogP contribution in [-0.4, -0.2) is 22.2 Å². The van der Waals surface area contributed by atoms with Crippen molar-refractivity contribution in [2.75, 3.05) is 0 Å². The molecule has 0 radical (unpaired) electrons. The molecule has 0 aliphatic rings. The highest BCUT2D eigenvalue weighted by molar-refractivity contribution is 5.76. The van der Waals surface area contributed by atoms with Gasteiger partial charge < -0.3 is 14.8 Å². The van der Waals surface area contributed by atoms with Gasteiger partial charge in [-0.1, -0.05) is 18.2 Å². The third kappa shape index (κ3) is 4.44. The van der Waals surface area contributed by atoms with Gasteiger partial charge in [0.15, 0.2) is 5.65 Å². The lowest BCUT2D eigenvalue weighted by Gasteiger charge is -2.14. The van der Waals surface area contributed by atoms with E-state index < -0.39 is 6.09 Å². The molecule has 1 amide bonds. The number of ether oxygens (including phenoxy) is 2. The van der Waals surface area contributed by atoms with Crippen LogP contribution in [0.1, 0.15) is 19.4 Å². The van der Waals surface area contributed by atoms with Gasteiger partial charge in [0.05, 0.1) is 6.10 Å². The van der Waals surface area contributed by atoms with Crippen molar-refractivity contribution in [2.45, 2.75) is 26.5 Å². The Bertz CT molecular complexity index is 880. The number of pyridine rings is 2. The maximum absolute atomic E-state index is 12.0. The number of rotatable bonds is 5. The van der Waals surface area contributed by atoms with E-state index in [2.05, 4.69) is 15.3 Å². The topological polar surface area (TPSA) is 73.3 Å². The number of nitrogens with one attached hydrogen (secondary N) is 1. The first kappa shape index (κ1) is 16.7. The Labute approximate surface area is 145 Å². The van der Waals surface area contributed by atoms with Crippen LogP contribution < -0.4 is 14.8 Å². The average Bonchev–Trinajstić information content (AvgIpc) is 2.60. The van der Waals surface area contributed by atoms with Gasteiger partial charge in [-0.3, -0.25) is 0 Å². The summed E-state index contributed by atoms with van der Waals surface area (Å²) in [5.41, 5.74) is 1.41. The first-order chi connectivity index (χ1) is 12.1. The molecule has 128 valence electrons. The van der Waals surface area contributed by atoms with E-state index in [1.54, 1.807) is 12.3 Å². The van der Waals surface area contributed by atoms with E-state index in [1.807, 2.05) is 56.3 Å². The van der Waals surface area contributed by atoms with Crippen LogP contribution in [-0.2, 0) is 6.54 Å². The van der Waals surface area contributed by atoms with E-state index in [4.69, 9.17) is 9.47 Å². The van der Waals surface area contributed by atoms with Crippen LogP contribution in [0.15, 0.2) is 54.7 Å². The molecule has 2 aromatic heterocycles. The monoisotopic (exact) mass is 337 g/mol. The zero-order valence-electron chi connectivity index (χ0n) is 14.1. The number of para-hydroxylation sites is 1. The van der Waals surface area contributed by atoms with E-state index in [0.29, 0.717) is 12.2 Å². The fourth-order valence-corrected chi connectivity index (χ4v) is 2.31. The molecule has 2 heterocycles. The predicted octanol–water partition coefficient (Wildman–Crippen LogP) is 3.71. The fraction of sp³-hybridized carbons (Fsp3) is 0.211. The van der Waals surface area contributed by atoms with Gasteiger partial charge in [-0.2, -0.15) is 4.98 Å². The lowest BCUT2D eigenvalue weighted by atomic mass is 10.2. The van der Waals surface area contributed by atoms with E-state index in [1.165, 1.54) is 0 Å². The van der Waals surface area contributed by atoms with Crippen LogP contribution in [0.4, 0.5) is 4.79 Å². The number of nitrogens with zero attached hydrogens (tertiary/aromatic N) is 2. The highest BCUT2D eigenvalue weighted by atomic mass is 16.6. The molecule has 0 aliphatic heterocycles. The minimum atomic E-state index is -0.581. The summed E-state index contributed by atoms with van der Waals surface area (Å²) in [6, 6.07) is 14.7. The Morgan fingerprint density at radius 1 is 1.12 bits per heavy atom. The van der Waals surface area contributed by atoms with Gasteiger partial charge in [-0.15, -0.1) is 0 Å². The molecule has 3 aromatic rings. The number of hydrogen-bond donors (Lipinski definition) is 1. The second-order valence-electron chi connectivity index (χ2n) is 5.72. The molecule has 1 aromatic carbocycles. The molecule has 0 saturated carbocycles. The van der Waals surface area contributed by atoms with Crippen molar-refractivity contribution < 1.29 is 14.3 Å². The summed E-state index contributed by atoms with van der Waals surface area (Å²) in [6.07, 6.45) is 1.12. The predicted molar refractivity (Wildman–Crippen MR) is 94.6 cm³/mol. The Balaban J connectivity index is 1.63. The molecule has 6 nitrogen and oxygen atoms in total. The maximum Gasteiger partial charge on any atom is 0.414 e. The van der Waals surface area contributed by atoms with E-state index in [-0.39, 0.29) is 12.0 Å². The van der Waals surface area contributed by atoms with Crippen molar-refractivity contribution in [3.63, 3.8) is 0 Å². The minimum absolute atomic E-state index is 0.0578. The summed E-state index contributed by atoms with van der Waals surface area (Å²) in [7, 11) is 0. The van der Waals surface area contributed by atoms with Gasteiger partial charge in [0.2, 0.25) is 5.88 Å². The van der Waals surface area contributed by atoms with E-state index in [0.717, 1.165) is 16.7 Å². The summed E-state index contributed by atoms with van der Waals surface area (Å²) in [5, 5.41) is 3.59. The van der Waals surface area contributed by atoms with Crippen molar-refractivity contribution in [3.05, 3.63) is 60.3 Å². The third-order valence-corrected chi connectivity index (χ3v) is 3.39. The molecule has 0 bridgehead atoms. The highest BCUT2D eigenvalue weighted by Crippen LogP contribution is 2.19. The van der Waals surface area contributed by atoms with Crippen LogP contribution in [0.2, 0.25) is 0 Å². The van der Waals surface area contributed by atoms with Crippen molar-refractivity contribution in [1.29, 1.82) is 0 Å². The fourth-order valence-electron chi connectivity index (χ4n) is 2.31. The standard InChI is InChI=1S/C19H19N3O3/c1-13(2)24-16-8-4-3-6-15(16)12-21-19(23)25-17-10-9-14-7-5-11-20-18(14)22-17/h3-11,13H,12H2,1-2H3,(H,21,23). The normalized spacial score (nSPS) is 10.7. The third-order valence-electron chi connectivity index (χ3n) is 3.39. The number of carbonyl (C=O) groups is 1. The highest BCUT2D eigenvalue weighted by Gasteiger charge is 2.09. The van der Waals surface area contributed by atoms with Gasteiger partial charge in [0, 0.05) is 29.8 Å². The van der Waals surface area contributed by atoms with E-state index in [9.17, 15) is 4.79 Å². The minimum Gasteiger partial charge on any atom is -0.491 e. The molecule has 0 atom stereocenters. The van der Waals surface area contributed by atoms with Crippen LogP contribution in [0.25, 0.3) is 11.0 Å². The largest absolute Gasteiger partial charge is 0.491 e. The molecule has 0 unspecified atom stereocenters. The van der Waals surface area contributed by atoms with Crippen molar-refractivity contribution >= 4 is 17.1 Å². The number of aromatic nitrogens is 2. The molecule has 25 heavy (non-hydrogen) atoms. The molecule has 0 saturated heterocycles. The molecule has 0 aliphatic carbocycles. The van der Waals surface area contributed by atoms with Crippen molar-refractivity contribution in [3.8, 4) is 11.6 Å². The lowest BCUT2D eigenvalue weighted by molar-refractivity contribution is 0.197. The lowest BCUT2D eigenvalue weighted by Crippen LogP contribution is -2.27. The summed E-state index contributed by atoms with van der Waals surface area (Å²) in [6.45, 7) is 4.21. The molecule has 1 N–H and O–H groups in total. The SMILES string of the molecule is CC(C)Oc1ccccc1CNC(=O)Oc1ccc2cccnc2n1. The van der Waals surface area contributed by atoms with Gasteiger partial charge in [0.25, 0.3) is 0 Å². The first-order valence-corrected chi connectivity index (χ1v) is 8.04. The number of amides is 1. The average molecular weight is 337 g/mol. The Kier molecular flexibility index (Phi) is 5.09. The summed E-state index contributed by atoms with van der Waals surface area (Å²) in [5.74, 6) is 0.946. The van der Waals surface area contributed by atoms with Crippen LogP contribution in [0.3, 0.4) is 0 Å². The smallest absolute Gasteiger partial charge is 0.414 e. The van der Waals surface area contributed by atoms with Crippen molar-refractivity contribution in [2.24, 2.45) is 0 Å². The van der Waals surface area contributed by atoms with Crippen molar-refractivity contribution in [1.82, 2.24) is 15.3 Å². The second-order valence-corrected chi connectivity index (χ2v) is 5.72. The Morgan fingerprint density at radius 3 is 2.80 bits per heavy atom. The molecule has 0 fully saturated rings. The Hall–Kier alpha value is -3.15. The zero-order valence-corrected chi connectivity index (χ0v) is 14.1. The number of hydrogen-bond acceptors (Lipinski definition) is 5. The number of benzene rings is 1. The van der Waals surface area contributed by atoms with Gasteiger partial charge in [0.1, 0.15) is 5.75 Å². The first-order valence-electron chi connectivity index (χ1n) is 8.04. The summed E-state index contributed by atoms with van der Waals surface area (Å²) in [4.78, 5) is 20.4. The molecule has 0 spiro atoms. The Morgan fingerprint density at radius 2 is 1.96 bits per heavy atom. The maximum atomic E-state index is 12.0. The molecule has 6 heteroatoms. The van der Waals surface area contributed by atoms with E-state index >= 15 is 0 Å². The zero-order chi connectivity index (χ0) is 17.6. The molecular formula is C19H19N3O3. The molecular weight excluding hydrogens is 318 g/mol. The number of carbonyl (C=O) groups excluding carboxylic acids is 1. The van der Waals surface area contributed by atoms with Gasteiger partial charge in [-0.05, 0) is 38.1 Å². The van der Waals surface area contributed by atoms with Gasteiger partial charge >= 0.3 is 6.09 Å². The number of fused-ring (bicyclic) bond motifs is 1. The quantitative estimate of drug-likeness (QED) is 0.768. The summed E-state index contributed by atoms with van der Waals surface area (Å²) >= 11 is 0. The van der Waals surface area contributed by atoms with Crippen LogP contribution >= 0.6 is 0 Å². The second kappa shape index (κ2) is 7.61. The van der Waals surface area contributed by atoms with Crippen LogP contribution in [0, 0.1) is 0 Å². The van der Waals surface area contributed by atoms with Gasteiger partial charge in [-0.25, -0.2) is 9.78 Å². The molecule has 3 rings (SSSR count). The van der Waals surface area contributed by atoms with Crippen LogP contribution in [0.5, 0.6) is 11.6 Å². The summed E-state index contributed by atoms with van der Waals surface area (Å²) < 4.78 is 11.0.